The molecule has 0 saturated heterocycles. The third-order valence-corrected chi connectivity index (χ3v) is 1.82. The van der Waals surface area contributed by atoms with Crippen molar-refractivity contribution in [3.63, 3.8) is 0 Å². The van der Waals surface area contributed by atoms with Crippen molar-refractivity contribution in [2.45, 2.75) is 6.42 Å². The van der Waals surface area contributed by atoms with Crippen LogP contribution in [0, 0.1) is 0 Å². The van der Waals surface area contributed by atoms with Crippen LogP contribution >= 0.6 is 12.4 Å². The zero-order valence-electron chi connectivity index (χ0n) is 8.67. The molecule has 0 saturated carbocycles. The SMILES string of the molecule is Cl.[N-]=[N+]=NCCCNC(=O)c1ccccc1. The van der Waals surface area contributed by atoms with Gasteiger partial charge in [0.2, 0.25) is 0 Å². The highest BCUT2D eigenvalue weighted by Crippen LogP contribution is 1.97. The first-order chi connectivity index (χ1) is 7.34. The van der Waals surface area contributed by atoms with Gasteiger partial charge in [0.05, 0.1) is 0 Å². The Kier molecular flexibility index (Phi) is 7.67. The summed E-state index contributed by atoms with van der Waals surface area (Å²) in [5.41, 5.74) is 8.66. The van der Waals surface area contributed by atoms with Crippen LogP contribution in [-0.4, -0.2) is 19.0 Å². The van der Waals surface area contributed by atoms with Gasteiger partial charge < -0.3 is 5.32 Å². The Morgan fingerprint density at radius 1 is 1.38 bits per heavy atom. The van der Waals surface area contributed by atoms with Crippen molar-refractivity contribution in [1.29, 1.82) is 0 Å². The Morgan fingerprint density at radius 2 is 2.06 bits per heavy atom. The van der Waals surface area contributed by atoms with E-state index in [1.165, 1.54) is 0 Å². The van der Waals surface area contributed by atoms with E-state index in [-0.39, 0.29) is 18.3 Å². The molecular formula is C10H13ClN4O. The predicted molar refractivity (Wildman–Crippen MR) is 64.7 cm³/mol. The number of hydrogen-bond donors (Lipinski definition) is 1. The molecule has 1 amide bonds. The molecule has 0 heterocycles. The van der Waals surface area contributed by atoms with E-state index in [9.17, 15) is 4.79 Å². The number of rotatable bonds is 5. The topological polar surface area (TPSA) is 77.9 Å². The largest absolute Gasteiger partial charge is 0.352 e. The van der Waals surface area contributed by atoms with E-state index in [1.807, 2.05) is 18.2 Å². The van der Waals surface area contributed by atoms with Crippen LogP contribution in [0.1, 0.15) is 16.8 Å². The quantitative estimate of drug-likeness (QED) is 0.365. The fourth-order valence-electron chi connectivity index (χ4n) is 1.09. The highest BCUT2D eigenvalue weighted by molar-refractivity contribution is 5.94. The van der Waals surface area contributed by atoms with E-state index in [4.69, 9.17) is 5.53 Å². The first-order valence-electron chi connectivity index (χ1n) is 4.68. The van der Waals surface area contributed by atoms with Crippen molar-refractivity contribution >= 4 is 18.3 Å². The lowest BCUT2D eigenvalue weighted by molar-refractivity contribution is 0.0953. The van der Waals surface area contributed by atoms with Gasteiger partial charge in [-0.2, -0.15) is 0 Å². The number of halogens is 1. The molecule has 0 aliphatic carbocycles. The van der Waals surface area contributed by atoms with Crippen LogP contribution < -0.4 is 5.32 Å². The lowest BCUT2D eigenvalue weighted by atomic mass is 10.2. The summed E-state index contributed by atoms with van der Waals surface area (Å²) in [6.07, 6.45) is 0.655. The summed E-state index contributed by atoms with van der Waals surface area (Å²) in [5, 5.41) is 6.11. The summed E-state index contributed by atoms with van der Waals surface area (Å²) in [6.45, 7) is 0.929. The first kappa shape index (κ1) is 14.3. The van der Waals surface area contributed by atoms with Crippen LogP contribution in [0.3, 0.4) is 0 Å². The molecule has 0 aliphatic heterocycles. The van der Waals surface area contributed by atoms with Gasteiger partial charge in [-0.25, -0.2) is 0 Å². The second kappa shape index (κ2) is 8.59. The molecule has 0 bridgehead atoms. The average molecular weight is 241 g/mol. The van der Waals surface area contributed by atoms with Crippen molar-refractivity contribution in [3.8, 4) is 0 Å². The molecule has 86 valence electrons. The Balaban J connectivity index is 0.00000225. The fraction of sp³-hybridized carbons (Fsp3) is 0.300. The van der Waals surface area contributed by atoms with E-state index in [2.05, 4.69) is 15.3 Å². The minimum Gasteiger partial charge on any atom is -0.352 e. The van der Waals surface area contributed by atoms with E-state index in [1.54, 1.807) is 12.1 Å². The van der Waals surface area contributed by atoms with Gasteiger partial charge in [-0.15, -0.1) is 12.4 Å². The molecule has 1 aromatic rings. The minimum absolute atomic E-state index is 0. The van der Waals surface area contributed by atoms with Crippen molar-refractivity contribution in [2.75, 3.05) is 13.1 Å². The second-order valence-electron chi connectivity index (χ2n) is 2.93. The minimum atomic E-state index is -0.100. The highest BCUT2D eigenvalue weighted by atomic mass is 35.5. The third kappa shape index (κ3) is 5.24. The van der Waals surface area contributed by atoms with Gasteiger partial charge in [0.15, 0.2) is 0 Å². The molecule has 1 aromatic carbocycles. The maximum Gasteiger partial charge on any atom is 0.251 e. The summed E-state index contributed by atoms with van der Waals surface area (Å²) < 4.78 is 0. The maximum absolute atomic E-state index is 11.5. The van der Waals surface area contributed by atoms with Crippen LogP contribution in [0.15, 0.2) is 35.4 Å². The van der Waals surface area contributed by atoms with Crippen LogP contribution in [0.4, 0.5) is 0 Å². The molecule has 0 unspecified atom stereocenters. The van der Waals surface area contributed by atoms with E-state index in [0.717, 1.165) is 0 Å². The molecule has 0 spiro atoms. The monoisotopic (exact) mass is 240 g/mol. The van der Waals surface area contributed by atoms with Gasteiger partial charge in [0.1, 0.15) is 0 Å². The van der Waals surface area contributed by atoms with Crippen LogP contribution in [0.25, 0.3) is 10.4 Å². The number of benzene rings is 1. The number of amides is 1. The van der Waals surface area contributed by atoms with E-state index < -0.39 is 0 Å². The Labute approximate surface area is 99.9 Å². The van der Waals surface area contributed by atoms with Crippen molar-refractivity contribution in [1.82, 2.24) is 5.32 Å². The standard InChI is InChI=1S/C10H12N4O.ClH/c11-14-13-8-4-7-12-10(15)9-5-2-1-3-6-9;/h1-3,5-6H,4,7-8H2,(H,12,15);1H. The summed E-state index contributed by atoms with van der Waals surface area (Å²) in [6, 6.07) is 8.99. The summed E-state index contributed by atoms with van der Waals surface area (Å²) in [7, 11) is 0. The van der Waals surface area contributed by atoms with E-state index in [0.29, 0.717) is 25.1 Å². The van der Waals surface area contributed by atoms with Crippen molar-refractivity contribution in [2.24, 2.45) is 5.11 Å². The van der Waals surface area contributed by atoms with Crippen LogP contribution in [-0.2, 0) is 0 Å². The molecule has 1 N–H and O–H groups in total. The Hall–Kier alpha value is -1.71. The zero-order valence-corrected chi connectivity index (χ0v) is 9.48. The fourth-order valence-corrected chi connectivity index (χ4v) is 1.09. The van der Waals surface area contributed by atoms with Gasteiger partial charge in [-0.1, -0.05) is 23.3 Å². The number of carbonyl (C=O) groups excluding carboxylic acids is 1. The maximum atomic E-state index is 11.5. The van der Waals surface area contributed by atoms with Gasteiger partial charge in [0.25, 0.3) is 5.91 Å². The van der Waals surface area contributed by atoms with Gasteiger partial charge >= 0.3 is 0 Å². The molecule has 6 heteroatoms. The molecule has 16 heavy (non-hydrogen) atoms. The van der Waals surface area contributed by atoms with E-state index >= 15 is 0 Å². The molecular weight excluding hydrogens is 228 g/mol. The first-order valence-corrected chi connectivity index (χ1v) is 4.68. The molecule has 1 rings (SSSR count). The number of nitrogens with one attached hydrogen (secondary N) is 1. The summed E-state index contributed by atoms with van der Waals surface area (Å²) in [4.78, 5) is 14.1. The van der Waals surface area contributed by atoms with Crippen molar-refractivity contribution < 1.29 is 4.79 Å². The summed E-state index contributed by atoms with van der Waals surface area (Å²) >= 11 is 0. The number of azide groups is 1. The Morgan fingerprint density at radius 3 is 2.69 bits per heavy atom. The molecule has 0 aromatic heterocycles. The van der Waals surface area contributed by atoms with Crippen molar-refractivity contribution in [3.05, 3.63) is 46.3 Å². The van der Waals surface area contributed by atoms with Gasteiger partial charge in [0, 0.05) is 23.6 Å². The third-order valence-electron chi connectivity index (χ3n) is 1.82. The molecule has 0 aliphatic rings. The molecule has 0 fully saturated rings. The van der Waals surface area contributed by atoms with Gasteiger partial charge in [-0.05, 0) is 24.1 Å². The Bertz CT molecular complexity index is 362. The molecule has 0 radical (unpaired) electrons. The number of carbonyl (C=O) groups is 1. The average Bonchev–Trinajstić information content (AvgIpc) is 2.30. The molecule has 5 nitrogen and oxygen atoms in total. The number of hydrogen-bond acceptors (Lipinski definition) is 2. The number of nitrogens with zero attached hydrogens (tertiary/aromatic N) is 3. The lowest BCUT2D eigenvalue weighted by Gasteiger charge is -2.02. The zero-order chi connectivity index (χ0) is 10.9. The van der Waals surface area contributed by atoms with Gasteiger partial charge in [-0.3, -0.25) is 4.79 Å². The predicted octanol–water partition coefficient (Wildman–Crippen LogP) is 2.54. The highest BCUT2D eigenvalue weighted by Gasteiger charge is 2.01. The smallest absolute Gasteiger partial charge is 0.251 e. The normalized spacial score (nSPS) is 8.50. The van der Waals surface area contributed by atoms with Crippen LogP contribution in [0.2, 0.25) is 0 Å². The lowest BCUT2D eigenvalue weighted by Crippen LogP contribution is -2.24. The molecule has 0 atom stereocenters. The van der Waals surface area contributed by atoms with Crippen LogP contribution in [0.5, 0.6) is 0 Å². The summed E-state index contributed by atoms with van der Waals surface area (Å²) in [5.74, 6) is -0.100. The second-order valence-corrected chi connectivity index (χ2v) is 2.93.